The van der Waals surface area contributed by atoms with Gasteiger partial charge < -0.3 is 5.11 Å². The van der Waals surface area contributed by atoms with E-state index >= 15 is 0 Å². The Bertz CT molecular complexity index is 890. The van der Waals surface area contributed by atoms with Crippen LogP contribution in [-0.4, -0.2) is 22.2 Å². The molecule has 5 atom stereocenters. The van der Waals surface area contributed by atoms with E-state index in [2.05, 4.69) is 32.1 Å². The van der Waals surface area contributed by atoms with Crippen LogP contribution in [0.25, 0.3) is 0 Å². The maximum atomic E-state index is 12.1. The fourth-order valence-corrected chi connectivity index (χ4v) is 4.44. The number of nitro benzene ring substituents is 1. The molecule has 2 aliphatic heterocycles. The molecule has 4 rings (SSSR count). The molecule has 2 aromatic carbocycles. The highest BCUT2D eigenvalue weighted by Gasteiger charge is 2.49. The van der Waals surface area contributed by atoms with Gasteiger partial charge >= 0.3 is 5.97 Å². The molecule has 0 bridgehead atoms. The van der Waals surface area contributed by atoms with E-state index in [9.17, 15) is 20.0 Å². The summed E-state index contributed by atoms with van der Waals surface area (Å²) in [4.78, 5) is 22.5. The largest absolute Gasteiger partial charge is 0.481 e. The van der Waals surface area contributed by atoms with E-state index in [1.54, 1.807) is 12.1 Å². The molecular weight excluding hydrogens is 428 g/mol. The molecular formula is C19H19BrN4O4. The van der Waals surface area contributed by atoms with Crippen molar-refractivity contribution in [1.82, 2.24) is 16.2 Å². The Morgan fingerprint density at radius 1 is 1.07 bits per heavy atom. The van der Waals surface area contributed by atoms with Crippen molar-refractivity contribution >= 4 is 27.6 Å². The number of carbonyl (C=O) groups is 1. The Morgan fingerprint density at radius 3 is 2.32 bits per heavy atom. The summed E-state index contributed by atoms with van der Waals surface area (Å²) in [6.45, 7) is 0. The number of carboxylic acids is 1. The molecule has 4 N–H and O–H groups in total. The van der Waals surface area contributed by atoms with Gasteiger partial charge in [-0.05, 0) is 29.7 Å². The van der Waals surface area contributed by atoms with Crippen molar-refractivity contribution in [3.05, 3.63) is 74.2 Å². The third-order valence-corrected chi connectivity index (χ3v) is 6.08. The van der Waals surface area contributed by atoms with Gasteiger partial charge in [-0.3, -0.25) is 20.2 Å². The number of hydrogen-bond acceptors (Lipinski definition) is 6. The first kappa shape index (κ1) is 19.0. The minimum absolute atomic E-state index is 0.0121. The fourth-order valence-electron chi connectivity index (χ4n) is 4.18. The van der Waals surface area contributed by atoms with Crippen LogP contribution in [0.1, 0.15) is 29.6 Å². The minimum Gasteiger partial charge on any atom is -0.481 e. The third-order valence-electron chi connectivity index (χ3n) is 5.55. The van der Waals surface area contributed by atoms with Crippen LogP contribution in [0, 0.1) is 22.0 Å². The first-order valence-corrected chi connectivity index (χ1v) is 9.73. The van der Waals surface area contributed by atoms with Gasteiger partial charge in [-0.2, -0.15) is 0 Å². The second kappa shape index (κ2) is 7.59. The van der Waals surface area contributed by atoms with Crippen molar-refractivity contribution in [2.45, 2.75) is 24.7 Å². The number of fused-ring (bicyclic) bond motifs is 1. The number of benzene rings is 2. The first-order chi connectivity index (χ1) is 13.4. The molecule has 0 aromatic heterocycles. The molecule has 0 saturated carbocycles. The molecule has 2 aliphatic rings. The van der Waals surface area contributed by atoms with Crippen LogP contribution in [0.3, 0.4) is 0 Å². The molecule has 0 aliphatic carbocycles. The Balaban J connectivity index is 1.60. The topological polar surface area (TPSA) is 117 Å². The van der Waals surface area contributed by atoms with Crippen LogP contribution in [0.15, 0.2) is 53.0 Å². The number of non-ortho nitro benzene ring substituents is 1. The number of nitrogens with zero attached hydrogens (tertiary/aromatic N) is 1. The summed E-state index contributed by atoms with van der Waals surface area (Å²) in [5.41, 5.74) is 8.22. The molecule has 2 heterocycles. The smallest absolute Gasteiger partial charge is 0.307 e. The van der Waals surface area contributed by atoms with Gasteiger partial charge in [0.15, 0.2) is 0 Å². The van der Waals surface area contributed by atoms with E-state index in [1.807, 2.05) is 24.3 Å². The highest BCUT2D eigenvalue weighted by atomic mass is 79.9. The van der Waals surface area contributed by atoms with Crippen LogP contribution in [0.5, 0.6) is 0 Å². The van der Waals surface area contributed by atoms with E-state index in [4.69, 9.17) is 0 Å². The van der Waals surface area contributed by atoms with Gasteiger partial charge in [-0.25, -0.2) is 10.9 Å². The van der Waals surface area contributed by atoms with E-state index in [0.29, 0.717) is 6.42 Å². The van der Waals surface area contributed by atoms with E-state index in [1.165, 1.54) is 12.1 Å². The molecule has 0 radical (unpaired) electrons. The van der Waals surface area contributed by atoms with Crippen molar-refractivity contribution in [2.24, 2.45) is 11.8 Å². The van der Waals surface area contributed by atoms with Gasteiger partial charge in [0.1, 0.15) is 0 Å². The molecule has 2 aromatic rings. The standard InChI is InChI=1S/C19H19BrN4O4/c20-12-5-1-10(2-6-12)15-9-14(19(25)26)16-17(22-23-18(16)21-15)11-3-7-13(8-4-11)24(27)28/h1-8,14-18,21-23H,9H2,(H,25,26). The Kier molecular flexibility index (Phi) is 5.15. The lowest BCUT2D eigenvalue weighted by Crippen LogP contribution is -2.53. The molecule has 0 amide bonds. The number of rotatable bonds is 4. The Labute approximate surface area is 169 Å². The zero-order valence-electron chi connectivity index (χ0n) is 14.7. The van der Waals surface area contributed by atoms with Crippen molar-refractivity contribution in [2.75, 3.05) is 0 Å². The third kappa shape index (κ3) is 3.53. The quantitative estimate of drug-likeness (QED) is 0.421. The fraction of sp³-hybridized carbons (Fsp3) is 0.316. The molecule has 28 heavy (non-hydrogen) atoms. The molecule has 5 unspecified atom stereocenters. The first-order valence-electron chi connectivity index (χ1n) is 8.94. The van der Waals surface area contributed by atoms with E-state index in [-0.39, 0.29) is 29.9 Å². The predicted octanol–water partition coefficient (Wildman–Crippen LogP) is 2.88. The lowest BCUT2D eigenvalue weighted by Gasteiger charge is -2.39. The highest BCUT2D eigenvalue weighted by molar-refractivity contribution is 9.10. The molecule has 2 saturated heterocycles. The number of carboxylic acid groups (broad SMARTS) is 1. The minimum atomic E-state index is -0.837. The van der Waals surface area contributed by atoms with Gasteiger partial charge in [-0.1, -0.05) is 40.2 Å². The summed E-state index contributed by atoms with van der Waals surface area (Å²) in [7, 11) is 0. The van der Waals surface area contributed by atoms with Gasteiger partial charge in [-0.15, -0.1) is 0 Å². The average Bonchev–Trinajstić information content (AvgIpc) is 3.11. The number of hydrazine groups is 1. The number of hydrogen-bond donors (Lipinski definition) is 4. The van der Waals surface area contributed by atoms with Gasteiger partial charge in [0.25, 0.3) is 5.69 Å². The zero-order chi connectivity index (χ0) is 19.8. The SMILES string of the molecule is O=C(O)C1CC(c2ccc(Br)cc2)NC2NNC(c3ccc([N+](=O)[O-])cc3)C21. The van der Waals surface area contributed by atoms with Crippen LogP contribution in [0.2, 0.25) is 0 Å². The molecule has 0 spiro atoms. The predicted molar refractivity (Wildman–Crippen MR) is 105 cm³/mol. The molecule has 2 fully saturated rings. The maximum Gasteiger partial charge on any atom is 0.307 e. The summed E-state index contributed by atoms with van der Waals surface area (Å²) in [6, 6.07) is 13.8. The van der Waals surface area contributed by atoms with Crippen molar-refractivity contribution in [3.63, 3.8) is 0 Å². The number of nitrogens with one attached hydrogen (secondary N) is 3. The monoisotopic (exact) mass is 446 g/mol. The number of aliphatic carboxylic acids is 1. The molecule has 146 valence electrons. The Hall–Kier alpha value is -2.33. The van der Waals surface area contributed by atoms with E-state index < -0.39 is 16.8 Å². The lowest BCUT2D eigenvalue weighted by molar-refractivity contribution is -0.384. The number of halogens is 1. The highest BCUT2D eigenvalue weighted by Crippen LogP contribution is 2.42. The number of nitro groups is 1. The van der Waals surface area contributed by atoms with Crippen LogP contribution in [0.4, 0.5) is 5.69 Å². The van der Waals surface area contributed by atoms with Crippen LogP contribution < -0.4 is 16.2 Å². The van der Waals surface area contributed by atoms with Gasteiger partial charge in [0, 0.05) is 28.6 Å². The Morgan fingerprint density at radius 2 is 1.71 bits per heavy atom. The summed E-state index contributed by atoms with van der Waals surface area (Å²) >= 11 is 3.42. The number of piperidine rings is 1. The van der Waals surface area contributed by atoms with Crippen LogP contribution in [-0.2, 0) is 4.79 Å². The summed E-state index contributed by atoms with van der Waals surface area (Å²) in [6.07, 6.45) is 0.231. The van der Waals surface area contributed by atoms with Crippen molar-refractivity contribution in [3.8, 4) is 0 Å². The van der Waals surface area contributed by atoms with Gasteiger partial charge in [0.05, 0.1) is 23.0 Å². The molecule has 9 heteroatoms. The van der Waals surface area contributed by atoms with Crippen molar-refractivity contribution in [1.29, 1.82) is 0 Å². The second-order valence-corrected chi connectivity index (χ2v) is 8.04. The maximum absolute atomic E-state index is 12.1. The lowest BCUT2D eigenvalue weighted by atomic mass is 9.75. The summed E-state index contributed by atoms with van der Waals surface area (Å²) < 4.78 is 0.971. The van der Waals surface area contributed by atoms with Crippen molar-refractivity contribution < 1.29 is 14.8 Å². The summed E-state index contributed by atoms with van der Waals surface area (Å²) in [5.74, 6) is -1.63. The normalized spacial score (nSPS) is 29.2. The van der Waals surface area contributed by atoms with E-state index in [0.717, 1.165) is 15.6 Å². The average molecular weight is 447 g/mol. The zero-order valence-corrected chi connectivity index (χ0v) is 16.3. The second-order valence-electron chi connectivity index (χ2n) is 7.12. The van der Waals surface area contributed by atoms with Crippen LogP contribution >= 0.6 is 15.9 Å². The molecule has 8 nitrogen and oxygen atoms in total. The van der Waals surface area contributed by atoms with Gasteiger partial charge in [0.2, 0.25) is 0 Å². The summed E-state index contributed by atoms with van der Waals surface area (Å²) in [5, 5.41) is 24.3.